The van der Waals surface area contributed by atoms with Crippen LogP contribution in [0.1, 0.15) is 13.2 Å². The molecule has 0 spiro atoms. The Kier molecular flexibility index (Phi) is 7.02. The van der Waals surface area contributed by atoms with E-state index in [0.717, 1.165) is 12.3 Å². The van der Waals surface area contributed by atoms with Gasteiger partial charge in [0.05, 0.1) is 0 Å². The van der Waals surface area contributed by atoms with Crippen LogP contribution in [0.25, 0.3) is 0 Å². The van der Waals surface area contributed by atoms with Crippen LogP contribution in [0.2, 0.25) is 0 Å². The Bertz CT molecular complexity index is 1050. The smallest absolute Gasteiger partial charge is 0.384 e. The molecule has 1 saturated heterocycles. The molecule has 0 aliphatic carbocycles. The van der Waals surface area contributed by atoms with Crippen LogP contribution in [0.4, 0.5) is 14.6 Å². The lowest BCUT2D eigenvalue weighted by Gasteiger charge is -2.25. The fourth-order valence-electron chi connectivity index (χ4n) is 2.44. The first-order chi connectivity index (χ1) is 13.8. The summed E-state index contributed by atoms with van der Waals surface area (Å²) < 4.78 is 79.5. The molecule has 1 fully saturated rings. The number of hydrogen-bond acceptors (Lipinski definition) is 11. The maximum atomic E-state index is 15.0. The second-order valence-corrected chi connectivity index (χ2v) is 10.6. The average Bonchev–Trinajstić information content (AvgIpc) is 2.71. The topological polar surface area (TPSA) is 250 Å². The largest absolute Gasteiger partial charge is 0.490 e. The number of hydrogen-bond donors (Lipinski definition) is 6. The monoisotopic (exact) mass is 517 g/mol. The summed E-state index contributed by atoms with van der Waals surface area (Å²) in [6.45, 7) is -1.19. The number of halogens is 2. The molecule has 1 aliphatic heterocycles. The van der Waals surface area contributed by atoms with E-state index in [4.69, 9.17) is 20.4 Å². The van der Waals surface area contributed by atoms with Gasteiger partial charge in [-0.2, -0.15) is 13.6 Å². The summed E-state index contributed by atoms with van der Waals surface area (Å²) in [5, 5.41) is 9.98. The minimum atomic E-state index is -5.90. The summed E-state index contributed by atoms with van der Waals surface area (Å²) in [5.41, 5.74) is 1.04. The fraction of sp³-hybridized carbons (Fsp3) is 0.600. The highest BCUT2D eigenvalue weighted by atomic mass is 31.3. The molecule has 0 saturated carbocycles. The van der Waals surface area contributed by atoms with Crippen molar-refractivity contribution < 1.29 is 65.0 Å². The first-order valence-corrected chi connectivity index (χ1v) is 12.2. The lowest BCUT2D eigenvalue weighted by Crippen LogP contribution is -2.47. The van der Waals surface area contributed by atoms with E-state index in [1.54, 1.807) is 0 Å². The van der Waals surface area contributed by atoms with Crippen LogP contribution in [-0.2, 0) is 31.6 Å². The van der Waals surface area contributed by atoms with Crippen LogP contribution in [0.3, 0.4) is 0 Å². The minimum Gasteiger partial charge on any atom is -0.384 e. The quantitative estimate of drug-likeness (QED) is 0.237. The van der Waals surface area contributed by atoms with E-state index >= 15 is 4.39 Å². The minimum absolute atomic E-state index is 0.264. The number of nitrogens with two attached hydrogens (primary N) is 1. The zero-order valence-electron chi connectivity index (χ0n) is 15.1. The number of nitrogens with zero attached hydrogens (tertiary/aromatic N) is 2. The highest BCUT2D eigenvalue weighted by Gasteiger charge is 2.65. The third-order valence-electron chi connectivity index (χ3n) is 3.68. The van der Waals surface area contributed by atoms with Gasteiger partial charge in [0.25, 0.3) is 5.85 Å². The first-order valence-electron chi connectivity index (χ1n) is 7.65. The van der Waals surface area contributed by atoms with Gasteiger partial charge in [0, 0.05) is 6.20 Å². The number of ether oxygens (including phenoxy) is 1. The molecule has 16 nitrogen and oxygen atoms in total. The van der Waals surface area contributed by atoms with Crippen molar-refractivity contribution in [1.29, 1.82) is 0 Å². The van der Waals surface area contributed by atoms with E-state index in [1.807, 2.05) is 0 Å². The summed E-state index contributed by atoms with van der Waals surface area (Å²) in [6.07, 6.45) is -4.05. The van der Waals surface area contributed by atoms with E-state index in [9.17, 15) is 32.9 Å². The maximum absolute atomic E-state index is 15.0. The number of phosphoric acid groups is 3. The molecule has 0 amide bonds. The summed E-state index contributed by atoms with van der Waals surface area (Å²) in [5.74, 6) is -3.89. The predicted octanol–water partition coefficient (Wildman–Crippen LogP) is -0.547. The molecule has 178 valence electrons. The van der Waals surface area contributed by atoms with Crippen molar-refractivity contribution >= 4 is 29.3 Å². The summed E-state index contributed by atoms with van der Waals surface area (Å²) >= 11 is 0. The van der Waals surface area contributed by atoms with Crippen LogP contribution < -0.4 is 11.4 Å². The van der Waals surface area contributed by atoms with Crippen molar-refractivity contribution in [3.63, 3.8) is 0 Å². The standard InChI is InChI=1S/C10H16F2N3O13P3/c1-9(11)6(16)10(12,26-7(9)15-3-2-5(13)14-8(15)17)4-25-30(21,22)28-31(23,24)27-29(18,19)20/h2-3,6-7,16H,4H2,1H3,(H,21,22)(H,23,24)(H2,13,14,17)(H2,18,19,20). The van der Waals surface area contributed by atoms with Crippen LogP contribution >= 0.6 is 23.5 Å². The van der Waals surface area contributed by atoms with Gasteiger partial charge in [0.15, 0.2) is 18.0 Å². The van der Waals surface area contributed by atoms with Gasteiger partial charge in [0.1, 0.15) is 12.4 Å². The zero-order valence-corrected chi connectivity index (χ0v) is 17.8. The number of aliphatic hydroxyl groups excluding tert-OH is 1. The van der Waals surface area contributed by atoms with Crippen LogP contribution in [0.5, 0.6) is 0 Å². The molecule has 0 radical (unpaired) electrons. The molecule has 6 unspecified atom stereocenters. The van der Waals surface area contributed by atoms with Gasteiger partial charge in [-0.15, -0.1) is 0 Å². The highest BCUT2D eigenvalue weighted by molar-refractivity contribution is 7.66. The summed E-state index contributed by atoms with van der Waals surface area (Å²) in [7, 11) is -17.4. The molecule has 1 aliphatic rings. The molecular weight excluding hydrogens is 501 g/mol. The van der Waals surface area contributed by atoms with Gasteiger partial charge in [-0.3, -0.25) is 9.09 Å². The molecule has 6 atom stereocenters. The van der Waals surface area contributed by atoms with Crippen molar-refractivity contribution in [2.45, 2.75) is 30.8 Å². The Morgan fingerprint density at radius 2 is 1.81 bits per heavy atom. The normalized spacial score (nSPS) is 33.0. The molecule has 1 aromatic heterocycles. The number of rotatable bonds is 8. The fourth-order valence-corrected chi connectivity index (χ4v) is 5.47. The number of phosphoric ester groups is 1. The van der Waals surface area contributed by atoms with Crippen molar-refractivity contribution in [2.75, 3.05) is 12.3 Å². The SMILES string of the molecule is CC1(F)C(n2ccc(N)nc2=O)OC(F)(COP(=O)(O)OP(=O)(O)OP(=O)(O)O)C1O. The second kappa shape index (κ2) is 8.33. The van der Waals surface area contributed by atoms with E-state index in [2.05, 4.69) is 22.9 Å². The number of nitrogen functional groups attached to an aromatic ring is 1. The van der Waals surface area contributed by atoms with Crippen LogP contribution in [-0.4, -0.2) is 58.5 Å². The molecule has 0 aromatic carbocycles. The number of alkyl halides is 2. The molecular formula is C10H16F2N3O13P3. The maximum Gasteiger partial charge on any atom is 0.490 e. The molecule has 7 N–H and O–H groups in total. The lowest BCUT2D eigenvalue weighted by atomic mass is 9.97. The molecule has 31 heavy (non-hydrogen) atoms. The predicted molar refractivity (Wildman–Crippen MR) is 92.2 cm³/mol. The number of anilines is 1. The third-order valence-corrected chi connectivity index (χ3v) is 7.46. The lowest BCUT2D eigenvalue weighted by molar-refractivity contribution is -0.204. The van der Waals surface area contributed by atoms with Gasteiger partial charge in [-0.1, -0.05) is 0 Å². The summed E-state index contributed by atoms with van der Waals surface area (Å²) in [6, 6.07) is 1.03. The van der Waals surface area contributed by atoms with Crippen molar-refractivity contribution in [3.8, 4) is 0 Å². The van der Waals surface area contributed by atoms with Gasteiger partial charge in [0.2, 0.25) is 0 Å². The average molecular weight is 517 g/mol. The second-order valence-electron chi connectivity index (χ2n) is 6.22. The van der Waals surface area contributed by atoms with Gasteiger partial charge >= 0.3 is 29.2 Å². The van der Waals surface area contributed by atoms with Crippen LogP contribution in [0.15, 0.2) is 17.1 Å². The van der Waals surface area contributed by atoms with Crippen LogP contribution in [0, 0.1) is 0 Å². The molecule has 2 heterocycles. The first kappa shape index (κ1) is 26.1. The molecule has 21 heteroatoms. The Hall–Kier alpha value is -1.13. The highest BCUT2D eigenvalue weighted by Crippen LogP contribution is 2.66. The number of aromatic nitrogens is 2. The van der Waals surface area contributed by atoms with Gasteiger partial charge in [-0.25, -0.2) is 27.3 Å². The summed E-state index contributed by atoms with van der Waals surface area (Å²) in [4.78, 5) is 50.4. The molecule has 0 bridgehead atoms. The van der Waals surface area contributed by atoms with E-state index in [-0.39, 0.29) is 5.82 Å². The van der Waals surface area contributed by atoms with E-state index in [1.165, 1.54) is 0 Å². The zero-order chi connectivity index (χ0) is 24.0. The van der Waals surface area contributed by atoms with Crippen molar-refractivity contribution in [2.24, 2.45) is 0 Å². The molecule has 1 aromatic rings. The van der Waals surface area contributed by atoms with E-state index < -0.39 is 59.6 Å². The van der Waals surface area contributed by atoms with Gasteiger partial charge in [-0.05, 0) is 13.0 Å². The van der Waals surface area contributed by atoms with Crippen molar-refractivity contribution in [3.05, 3.63) is 22.7 Å². The third kappa shape index (κ3) is 6.22. The van der Waals surface area contributed by atoms with Gasteiger partial charge < -0.3 is 35.2 Å². The van der Waals surface area contributed by atoms with Crippen molar-refractivity contribution in [1.82, 2.24) is 9.55 Å². The number of aliphatic hydroxyl groups is 1. The van der Waals surface area contributed by atoms with E-state index in [0.29, 0.717) is 11.5 Å². The Labute approximate surface area is 170 Å². The Morgan fingerprint density at radius 1 is 1.23 bits per heavy atom. The Morgan fingerprint density at radius 3 is 2.32 bits per heavy atom. The Balaban J connectivity index is 2.21. The molecule has 2 rings (SSSR count).